The molecule has 0 radical (unpaired) electrons. The number of thiazole rings is 1. The van der Waals surface area contributed by atoms with Gasteiger partial charge in [0.1, 0.15) is 16.2 Å². The second kappa shape index (κ2) is 6.82. The van der Waals surface area contributed by atoms with E-state index in [-0.39, 0.29) is 0 Å². The molecule has 0 spiro atoms. The van der Waals surface area contributed by atoms with Crippen LogP contribution in [0.1, 0.15) is 0 Å². The maximum absolute atomic E-state index is 5.78. The van der Waals surface area contributed by atoms with Gasteiger partial charge in [-0.1, -0.05) is 19.6 Å². The predicted octanol–water partition coefficient (Wildman–Crippen LogP) is 4.84. The number of aromatic nitrogens is 3. The summed E-state index contributed by atoms with van der Waals surface area (Å²) >= 11 is 8.41. The molecule has 2 aromatic rings. The third-order valence-corrected chi connectivity index (χ3v) is 6.75. The van der Waals surface area contributed by atoms with Crippen molar-refractivity contribution in [3.8, 4) is 10.7 Å². The van der Waals surface area contributed by atoms with Crippen molar-refractivity contribution in [2.24, 2.45) is 0 Å². The van der Waals surface area contributed by atoms with Gasteiger partial charge in [-0.2, -0.15) is 0 Å². The van der Waals surface area contributed by atoms with E-state index in [2.05, 4.69) is 61.5 Å². The molecule has 2 heterocycles. The highest BCUT2D eigenvalue weighted by atomic mass is 79.9. The first-order chi connectivity index (χ1) is 9.37. The zero-order chi connectivity index (χ0) is 14.8. The first-order valence-electron chi connectivity index (χ1n) is 6.28. The topological polar surface area (TPSA) is 39.9 Å². The van der Waals surface area contributed by atoms with Gasteiger partial charge < -0.3 is 9.30 Å². The summed E-state index contributed by atoms with van der Waals surface area (Å²) in [4.78, 5) is 9.71. The lowest BCUT2D eigenvalue weighted by Gasteiger charge is -2.15. The van der Waals surface area contributed by atoms with Crippen molar-refractivity contribution in [2.45, 2.75) is 32.4 Å². The average Bonchev–Trinajstić information content (AvgIpc) is 2.89. The van der Waals surface area contributed by atoms with Gasteiger partial charge in [0, 0.05) is 27.1 Å². The average molecular weight is 439 g/mol. The monoisotopic (exact) mass is 437 g/mol. The van der Waals surface area contributed by atoms with Crippen LogP contribution in [0.2, 0.25) is 25.7 Å². The Balaban J connectivity index is 2.01. The Morgan fingerprint density at radius 2 is 2.10 bits per heavy atom. The summed E-state index contributed by atoms with van der Waals surface area (Å²) in [5.41, 5.74) is 0. The molecule has 20 heavy (non-hydrogen) atoms. The van der Waals surface area contributed by atoms with Crippen LogP contribution in [-0.2, 0) is 11.5 Å². The Morgan fingerprint density at radius 1 is 1.35 bits per heavy atom. The van der Waals surface area contributed by atoms with E-state index in [1.807, 2.05) is 10.8 Å². The fraction of sp³-hybridized carbons (Fsp3) is 0.500. The molecule has 0 aliphatic rings. The van der Waals surface area contributed by atoms with Crippen molar-refractivity contribution in [2.75, 3.05) is 6.61 Å². The van der Waals surface area contributed by atoms with Gasteiger partial charge >= 0.3 is 0 Å². The molecule has 110 valence electrons. The number of nitrogens with zero attached hydrogens (tertiary/aromatic N) is 3. The SMILES string of the molecule is C[Si](C)(C)CCOCn1ccnc1-c1sc(Br)nc1Br. The summed E-state index contributed by atoms with van der Waals surface area (Å²) in [7, 11) is -1.03. The molecule has 0 amide bonds. The largest absolute Gasteiger partial charge is 0.361 e. The van der Waals surface area contributed by atoms with Gasteiger partial charge in [0.05, 0.1) is 0 Å². The van der Waals surface area contributed by atoms with Gasteiger partial charge in [0.2, 0.25) is 0 Å². The van der Waals surface area contributed by atoms with Gasteiger partial charge in [-0.05, 0) is 37.9 Å². The fourth-order valence-corrected chi connectivity index (χ4v) is 4.65. The minimum absolute atomic E-state index is 0.530. The van der Waals surface area contributed by atoms with Crippen LogP contribution in [0.3, 0.4) is 0 Å². The van der Waals surface area contributed by atoms with Crippen LogP contribution >= 0.6 is 43.2 Å². The van der Waals surface area contributed by atoms with E-state index in [0.717, 1.165) is 25.8 Å². The molecular weight excluding hydrogens is 422 g/mol. The predicted molar refractivity (Wildman–Crippen MR) is 92.8 cm³/mol. The number of halogens is 2. The van der Waals surface area contributed by atoms with Crippen molar-refractivity contribution < 1.29 is 4.74 Å². The van der Waals surface area contributed by atoms with E-state index in [1.54, 1.807) is 17.5 Å². The lowest BCUT2D eigenvalue weighted by molar-refractivity contribution is 0.0883. The van der Waals surface area contributed by atoms with Crippen LogP contribution in [-0.4, -0.2) is 29.2 Å². The van der Waals surface area contributed by atoms with Crippen molar-refractivity contribution in [1.29, 1.82) is 0 Å². The molecule has 0 saturated heterocycles. The summed E-state index contributed by atoms with van der Waals surface area (Å²) in [6.07, 6.45) is 3.72. The Labute approximate surface area is 140 Å². The van der Waals surface area contributed by atoms with Gasteiger partial charge in [0.15, 0.2) is 9.74 Å². The smallest absolute Gasteiger partial charge is 0.161 e. The summed E-state index contributed by atoms with van der Waals surface area (Å²) in [5.74, 6) is 0.882. The van der Waals surface area contributed by atoms with E-state index < -0.39 is 8.07 Å². The number of hydrogen-bond donors (Lipinski definition) is 0. The molecule has 0 aromatic carbocycles. The standard InChI is InChI=1S/C12H17Br2N3OSSi/c1-20(2,3)7-6-18-8-17-5-4-15-11(17)9-10(13)16-12(14)19-9/h4-5H,6-8H2,1-3H3. The van der Waals surface area contributed by atoms with Crippen molar-refractivity contribution in [1.82, 2.24) is 14.5 Å². The van der Waals surface area contributed by atoms with Gasteiger partial charge in [-0.25, -0.2) is 9.97 Å². The van der Waals surface area contributed by atoms with Gasteiger partial charge in [-0.3, -0.25) is 0 Å². The quantitative estimate of drug-likeness (QED) is 0.478. The van der Waals surface area contributed by atoms with E-state index in [4.69, 9.17) is 4.74 Å². The van der Waals surface area contributed by atoms with Crippen LogP contribution in [0.5, 0.6) is 0 Å². The van der Waals surface area contributed by atoms with Crippen molar-refractivity contribution in [3.63, 3.8) is 0 Å². The minimum atomic E-state index is -1.03. The molecule has 0 saturated carbocycles. The van der Waals surface area contributed by atoms with Crippen LogP contribution in [0.4, 0.5) is 0 Å². The molecule has 0 N–H and O–H groups in total. The Kier molecular flexibility index (Phi) is 5.58. The molecule has 0 unspecified atom stereocenters. The summed E-state index contributed by atoms with van der Waals surface area (Å²) in [6.45, 7) is 8.39. The molecule has 0 bridgehead atoms. The molecule has 4 nitrogen and oxygen atoms in total. The third kappa shape index (κ3) is 4.49. The lowest BCUT2D eigenvalue weighted by atomic mass is 10.5. The second-order valence-electron chi connectivity index (χ2n) is 5.66. The molecular formula is C12H17Br2N3OSSi. The van der Waals surface area contributed by atoms with E-state index >= 15 is 0 Å². The highest BCUT2D eigenvalue weighted by molar-refractivity contribution is 9.11. The highest BCUT2D eigenvalue weighted by Gasteiger charge is 2.15. The molecule has 0 aliphatic heterocycles. The number of ether oxygens (including phenoxy) is 1. The zero-order valence-corrected chi connectivity index (χ0v) is 16.7. The maximum Gasteiger partial charge on any atom is 0.161 e. The van der Waals surface area contributed by atoms with E-state index in [0.29, 0.717) is 6.73 Å². The molecule has 0 fully saturated rings. The number of rotatable bonds is 6. The van der Waals surface area contributed by atoms with E-state index in [1.165, 1.54) is 6.04 Å². The fourth-order valence-electron chi connectivity index (χ4n) is 1.58. The van der Waals surface area contributed by atoms with Gasteiger partial charge in [-0.15, -0.1) is 11.3 Å². The van der Waals surface area contributed by atoms with Crippen LogP contribution in [0.25, 0.3) is 10.7 Å². The van der Waals surface area contributed by atoms with Crippen molar-refractivity contribution in [3.05, 3.63) is 20.9 Å². The first-order valence-corrected chi connectivity index (χ1v) is 12.4. The van der Waals surface area contributed by atoms with Crippen LogP contribution in [0.15, 0.2) is 20.9 Å². The third-order valence-electron chi connectivity index (χ3n) is 2.71. The van der Waals surface area contributed by atoms with Crippen LogP contribution in [0, 0.1) is 0 Å². The molecule has 0 aliphatic carbocycles. The molecule has 8 heteroatoms. The minimum Gasteiger partial charge on any atom is -0.361 e. The highest BCUT2D eigenvalue weighted by Crippen LogP contribution is 2.35. The summed E-state index contributed by atoms with van der Waals surface area (Å²) in [6, 6.07) is 1.17. The first kappa shape index (κ1) is 16.3. The Bertz CT molecular complexity index is 580. The Hall–Kier alpha value is -0.0231. The summed E-state index contributed by atoms with van der Waals surface area (Å²) < 4.78 is 9.44. The summed E-state index contributed by atoms with van der Waals surface area (Å²) in [5, 5.41) is 0. The normalized spacial score (nSPS) is 12.1. The molecule has 0 atom stereocenters. The lowest BCUT2D eigenvalue weighted by Crippen LogP contribution is -2.22. The zero-order valence-electron chi connectivity index (χ0n) is 11.7. The van der Waals surface area contributed by atoms with Gasteiger partial charge in [0.25, 0.3) is 0 Å². The Morgan fingerprint density at radius 3 is 2.70 bits per heavy atom. The molecule has 2 rings (SSSR count). The number of imidazole rings is 1. The molecule has 2 aromatic heterocycles. The maximum atomic E-state index is 5.78. The van der Waals surface area contributed by atoms with E-state index in [9.17, 15) is 0 Å². The van der Waals surface area contributed by atoms with Crippen LogP contribution < -0.4 is 0 Å². The number of hydrogen-bond acceptors (Lipinski definition) is 4. The second-order valence-corrected chi connectivity index (χ2v) is 14.3. The van der Waals surface area contributed by atoms with Crippen molar-refractivity contribution >= 4 is 51.3 Å².